The lowest BCUT2D eigenvalue weighted by Gasteiger charge is -2.38. The second-order valence-corrected chi connectivity index (χ2v) is 9.67. The number of halogens is 1. The van der Waals surface area contributed by atoms with Gasteiger partial charge in [0.2, 0.25) is 0 Å². The smallest absolute Gasteiger partial charge is 0.304 e. The first-order valence-electron chi connectivity index (χ1n) is 11.3. The maximum atomic E-state index is 14.6. The minimum absolute atomic E-state index is 0.0483. The number of nitrogens with zero attached hydrogens (tertiary/aromatic N) is 2. The highest BCUT2D eigenvalue weighted by atomic mass is 32.1. The number of aliphatic carboxylic acids is 1. The number of carbonyl (C=O) groups excluding carboxylic acids is 1. The summed E-state index contributed by atoms with van der Waals surface area (Å²) in [6.07, 6.45) is 6.86. The average molecular weight is 447 g/mol. The van der Waals surface area contributed by atoms with Crippen molar-refractivity contribution in [1.82, 2.24) is 9.80 Å². The van der Waals surface area contributed by atoms with Crippen molar-refractivity contribution in [1.29, 1.82) is 0 Å². The lowest BCUT2D eigenvalue weighted by Crippen LogP contribution is -2.43. The summed E-state index contributed by atoms with van der Waals surface area (Å²) in [4.78, 5) is 28.6. The molecule has 1 N–H and O–H groups in total. The minimum Gasteiger partial charge on any atom is -0.481 e. The van der Waals surface area contributed by atoms with Crippen LogP contribution in [0.2, 0.25) is 0 Å². The van der Waals surface area contributed by atoms with Crippen LogP contribution in [0.3, 0.4) is 0 Å². The first-order chi connectivity index (χ1) is 14.9. The molecule has 2 heterocycles. The molecule has 0 aromatic heterocycles. The molecule has 2 unspecified atom stereocenters. The molecule has 5 nitrogen and oxygen atoms in total. The molecule has 3 atom stereocenters. The second kappa shape index (κ2) is 9.84. The molecule has 0 bridgehead atoms. The zero-order valence-electron chi connectivity index (χ0n) is 17.8. The van der Waals surface area contributed by atoms with Gasteiger partial charge in [-0.1, -0.05) is 24.3 Å². The largest absolute Gasteiger partial charge is 0.481 e. The Labute approximate surface area is 188 Å². The first kappa shape index (κ1) is 22.5. The molecule has 2 aliphatic heterocycles. The van der Waals surface area contributed by atoms with Gasteiger partial charge in [0, 0.05) is 42.4 Å². The van der Waals surface area contributed by atoms with Crippen LogP contribution in [0.25, 0.3) is 0 Å². The predicted octanol–water partition coefficient (Wildman–Crippen LogP) is 3.72. The van der Waals surface area contributed by atoms with Gasteiger partial charge in [0.1, 0.15) is 5.82 Å². The van der Waals surface area contributed by atoms with Crippen LogP contribution in [-0.4, -0.2) is 64.1 Å². The molecule has 3 aliphatic rings. The van der Waals surface area contributed by atoms with E-state index in [-0.39, 0.29) is 35.2 Å². The molecule has 168 valence electrons. The number of rotatable bonds is 8. The number of hydrogen-bond acceptors (Lipinski definition) is 5. The summed E-state index contributed by atoms with van der Waals surface area (Å²) in [6.45, 7) is 2.89. The third-order valence-electron chi connectivity index (χ3n) is 6.81. The Morgan fingerprint density at radius 3 is 2.68 bits per heavy atom. The summed E-state index contributed by atoms with van der Waals surface area (Å²) in [6, 6.07) is 6.15. The minimum atomic E-state index is -0.758. The molecule has 0 radical (unpaired) electrons. The number of hydrogen-bond donors (Lipinski definition) is 2. The fourth-order valence-corrected chi connectivity index (χ4v) is 5.24. The Balaban J connectivity index is 1.51. The third kappa shape index (κ3) is 5.38. The van der Waals surface area contributed by atoms with Crippen LogP contribution in [0.4, 0.5) is 4.39 Å². The third-order valence-corrected chi connectivity index (χ3v) is 7.40. The van der Waals surface area contributed by atoms with Gasteiger partial charge in [0.25, 0.3) is 0 Å². The quantitative estimate of drug-likeness (QED) is 0.471. The molecule has 0 amide bonds. The number of Topliss-reactive ketones (excluding diaryl/α,β-unsaturated/α-hetero) is 1. The summed E-state index contributed by atoms with van der Waals surface area (Å²) in [5.74, 6) is -0.907. The number of piperidine rings is 1. The SMILES string of the molecule is O=C(O)C[C@@H]1CCCN1CC=C1CN(C(C(=O)C2CC2)c2ccccc2F)CCC1S. The number of likely N-dealkylation sites (tertiary alicyclic amines) is 2. The van der Waals surface area contributed by atoms with Crippen LogP contribution in [0.5, 0.6) is 0 Å². The van der Waals surface area contributed by atoms with Gasteiger partial charge >= 0.3 is 5.97 Å². The van der Waals surface area contributed by atoms with Crippen molar-refractivity contribution in [3.8, 4) is 0 Å². The highest BCUT2D eigenvalue weighted by Gasteiger charge is 2.41. The standard InChI is InChI=1S/C24H31FN2O3S/c25-20-6-2-1-5-19(20)23(24(30)16-7-8-16)27-13-10-21(31)17(15-27)9-12-26-11-3-4-18(26)14-22(28)29/h1-2,5-6,9,16,18,21,23,31H,3-4,7-8,10-15H2,(H,28,29)/t18-,21?,23?/m0/s1. The average Bonchev–Trinajstić information content (AvgIpc) is 3.50. The van der Waals surface area contributed by atoms with E-state index in [0.717, 1.165) is 44.2 Å². The Morgan fingerprint density at radius 2 is 1.97 bits per heavy atom. The summed E-state index contributed by atoms with van der Waals surface area (Å²) in [5, 5.41) is 9.26. The van der Waals surface area contributed by atoms with Gasteiger partial charge in [0.05, 0.1) is 12.5 Å². The van der Waals surface area contributed by atoms with E-state index in [1.54, 1.807) is 18.2 Å². The number of thiol groups is 1. The molecular weight excluding hydrogens is 415 g/mol. The highest BCUT2D eigenvalue weighted by Crippen LogP contribution is 2.39. The molecule has 2 saturated heterocycles. The van der Waals surface area contributed by atoms with Crippen LogP contribution in [0.1, 0.15) is 50.1 Å². The summed E-state index contributed by atoms with van der Waals surface area (Å²) < 4.78 is 14.6. The van der Waals surface area contributed by atoms with E-state index in [4.69, 9.17) is 17.7 Å². The molecule has 1 aromatic carbocycles. The fraction of sp³-hybridized carbons (Fsp3) is 0.583. The van der Waals surface area contributed by atoms with E-state index in [2.05, 4.69) is 15.9 Å². The first-order valence-corrected chi connectivity index (χ1v) is 11.8. The number of carbonyl (C=O) groups is 2. The van der Waals surface area contributed by atoms with Gasteiger partial charge in [-0.25, -0.2) is 4.39 Å². The van der Waals surface area contributed by atoms with Crippen molar-refractivity contribution < 1.29 is 19.1 Å². The van der Waals surface area contributed by atoms with Crippen molar-refractivity contribution in [2.45, 2.75) is 55.9 Å². The van der Waals surface area contributed by atoms with Crippen molar-refractivity contribution in [3.05, 3.63) is 47.3 Å². The van der Waals surface area contributed by atoms with Crippen molar-refractivity contribution in [2.75, 3.05) is 26.2 Å². The lowest BCUT2D eigenvalue weighted by atomic mass is 9.93. The van der Waals surface area contributed by atoms with Crippen molar-refractivity contribution in [2.24, 2.45) is 5.92 Å². The predicted molar refractivity (Wildman–Crippen MR) is 121 cm³/mol. The van der Waals surface area contributed by atoms with Gasteiger partial charge < -0.3 is 5.11 Å². The molecule has 3 fully saturated rings. The Bertz CT molecular complexity index is 857. The zero-order chi connectivity index (χ0) is 22.0. The Kier molecular flexibility index (Phi) is 7.14. The van der Waals surface area contributed by atoms with E-state index in [9.17, 15) is 14.0 Å². The van der Waals surface area contributed by atoms with Gasteiger partial charge in [-0.15, -0.1) is 0 Å². The van der Waals surface area contributed by atoms with E-state index < -0.39 is 12.0 Å². The normalized spacial score (nSPS) is 27.5. The summed E-state index contributed by atoms with van der Waals surface area (Å²) in [7, 11) is 0. The molecule has 7 heteroatoms. The molecule has 1 aromatic rings. The number of carboxylic acid groups (broad SMARTS) is 1. The number of benzene rings is 1. The zero-order valence-corrected chi connectivity index (χ0v) is 18.6. The monoisotopic (exact) mass is 446 g/mol. The number of ketones is 1. The Morgan fingerprint density at radius 1 is 1.19 bits per heavy atom. The van der Waals surface area contributed by atoms with E-state index >= 15 is 0 Å². The number of carboxylic acids is 1. The van der Waals surface area contributed by atoms with Gasteiger partial charge in [0.15, 0.2) is 5.78 Å². The van der Waals surface area contributed by atoms with Crippen molar-refractivity contribution in [3.63, 3.8) is 0 Å². The van der Waals surface area contributed by atoms with Crippen LogP contribution in [0.15, 0.2) is 35.9 Å². The molecule has 1 saturated carbocycles. The van der Waals surface area contributed by atoms with E-state index in [1.165, 1.54) is 6.07 Å². The van der Waals surface area contributed by atoms with Gasteiger partial charge in [-0.3, -0.25) is 19.4 Å². The molecular formula is C24H31FN2O3S. The van der Waals surface area contributed by atoms with Crippen LogP contribution in [0, 0.1) is 11.7 Å². The molecule has 1 aliphatic carbocycles. The van der Waals surface area contributed by atoms with Crippen molar-refractivity contribution >= 4 is 24.4 Å². The molecule has 4 rings (SSSR count). The van der Waals surface area contributed by atoms with E-state index in [0.29, 0.717) is 25.2 Å². The highest BCUT2D eigenvalue weighted by molar-refractivity contribution is 7.81. The van der Waals surface area contributed by atoms with Crippen LogP contribution < -0.4 is 0 Å². The lowest BCUT2D eigenvalue weighted by molar-refractivity contribution is -0.138. The summed E-state index contributed by atoms with van der Waals surface area (Å²) >= 11 is 4.77. The maximum Gasteiger partial charge on any atom is 0.304 e. The van der Waals surface area contributed by atoms with Gasteiger partial charge in [-0.05, 0) is 50.3 Å². The van der Waals surface area contributed by atoms with Gasteiger partial charge in [-0.2, -0.15) is 12.6 Å². The fourth-order valence-electron chi connectivity index (χ4n) is 4.93. The Hall–Kier alpha value is -1.70. The van der Waals surface area contributed by atoms with E-state index in [1.807, 2.05) is 0 Å². The summed E-state index contributed by atoms with van der Waals surface area (Å²) in [5.41, 5.74) is 1.61. The van der Waals surface area contributed by atoms with Crippen LogP contribution in [-0.2, 0) is 9.59 Å². The topological polar surface area (TPSA) is 60.9 Å². The second-order valence-electron chi connectivity index (χ2n) is 9.04. The molecule has 0 spiro atoms. The maximum absolute atomic E-state index is 14.6. The molecule has 31 heavy (non-hydrogen) atoms. The van der Waals surface area contributed by atoms with Crippen LogP contribution >= 0.6 is 12.6 Å².